The lowest BCUT2D eigenvalue weighted by atomic mass is 10.0. The van der Waals surface area contributed by atoms with Gasteiger partial charge in [0.1, 0.15) is 5.84 Å². The molecule has 4 aromatic rings. The van der Waals surface area contributed by atoms with E-state index >= 15 is 0 Å². The van der Waals surface area contributed by atoms with E-state index in [2.05, 4.69) is 0 Å². The Morgan fingerprint density at radius 3 is 2.32 bits per heavy atom. The summed E-state index contributed by atoms with van der Waals surface area (Å²) in [6, 6.07) is 24.1. The van der Waals surface area contributed by atoms with E-state index in [0.717, 1.165) is 27.1 Å². The van der Waals surface area contributed by atoms with Crippen molar-refractivity contribution in [2.45, 2.75) is 11.4 Å². The van der Waals surface area contributed by atoms with E-state index in [4.69, 9.17) is 11.1 Å². The first-order valence-electron chi connectivity index (χ1n) is 10.9. The van der Waals surface area contributed by atoms with Gasteiger partial charge in [0.25, 0.3) is 0 Å². The molecule has 172 valence electrons. The van der Waals surface area contributed by atoms with Gasteiger partial charge in [-0.25, -0.2) is 8.42 Å². The second-order valence-electron chi connectivity index (χ2n) is 8.47. The maximum atomic E-state index is 13.2. The summed E-state index contributed by atoms with van der Waals surface area (Å²) in [5.41, 5.74) is 7.19. The summed E-state index contributed by atoms with van der Waals surface area (Å²) in [7, 11) is -3.77. The zero-order valence-electron chi connectivity index (χ0n) is 18.4. The van der Waals surface area contributed by atoms with E-state index in [1.165, 1.54) is 4.31 Å². The van der Waals surface area contributed by atoms with Gasteiger partial charge >= 0.3 is 0 Å². The normalized spacial score (nSPS) is 15.2. The van der Waals surface area contributed by atoms with Crippen LogP contribution in [0.5, 0.6) is 0 Å². The molecule has 1 aliphatic rings. The first-order valence-corrected chi connectivity index (χ1v) is 12.4. The van der Waals surface area contributed by atoms with Gasteiger partial charge < -0.3 is 10.6 Å². The van der Waals surface area contributed by atoms with Crippen LogP contribution in [0.1, 0.15) is 11.1 Å². The van der Waals surface area contributed by atoms with Gasteiger partial charge in [-0.2, -0.15) is 4.31 Å². The molecule has 0 saturated carbocycles. The number of benzene rings is 4. The van der Waals surface area contributed by atoms with Crippen LogP contribution in [0.25, 0.3) is 21.5 Å². The van der Waals surface area contributed by atoms with Crippen molar-refractivity contribution in [2.24, 2.45) is 5.73 Å². The van der Waals surface area contributed by atoms with Crippen molar-refractivity contribution in [2.75, 3.05) is 19.6 Å². The summed E-state index contributed by atoms with van der Waals surface area (Å²) >= 11 is 0. The van der Waals surface area contributed by atoms with Crippen LogP contribution in [0.4, 0.5) is 0 Å². The smallest absolute Gasteiger partial charge is 0.243 e. The van der Waals surface area contributed by atoms with Crippen LogP contribution in [-0.2, 0) is 21.4 Å². The SMILES string of the molecule is N=C(N)c1ccc2ccc(CN3CCN(S(=O)(=O)c4ccc5ccccc5c4)CC3=O)cc2c1. The molecule has 8 heteroatoms. The lowest BCUT2D eigenvalue weighted by Gasteiger charge is -2.33. The maximum absolute atomic E-state index is 13.2. The minimum atomic E-state index is -3.77. The van der Waals surface area contributed by atoms with E-state index in [1.54, 1.807) is 23.1 Å². The minimum absolute atomic E-state index is 0.00576. The summed E-state index contributed by atoms with van der Waals surface area (Å²) in [6.07, 6.45) is 0. The highest BCUT2D eigenvalue weighted by atomic mass is 32.2. The Bertz CT molecular complexity index is 1550. The molecule has 7 nitrogen and oxygen atoms in total. The average molecular weight is 473 g/mol. The van der Waals surface area contributed by atoms with Crippen LogP contribution >= 0.6 is 0 Å². The zero-order valence-corrected chi connectivity index (χ0v) is 19.3. The molecule has 0 aliphatic carbocycles. The van der Waals surface area contributed by atoms with Crippen molar-refractivity contribution >= 4 is 43.3 Å². The number of carbonyl (C=O) groups is 1. The largest absolute Gasteiger partial charge is 0.384 e. The number of nitrogens with two attached hydrogens (primary N) is 1. The topological polar surface area (TPSA) is 108 Å². The van der Waals surface area contributed by atoms with Gasteiger partial charge in [-0.3, -0.25) is 10.2 Å². The van der Waals surface area contributed by atoms with E-state index < -0.39 is 10.0 Å². The fourth-order valence-corrected chi connectivity index (χ4v) is 5.74. The van der Waals surface area contributed by atoms with Gasteiger partial charge in [-0.15, -0.1) is 0 Å². The monoisotopic (exact) mass is 472 g/mol. The van der Waals surface area contributed by atoms with Crippen LogP contribution in [0.2, 0.25) is 0 Å². The molecule has 5 rings (SSSR count). The Balaban J connectivity index is 1.32. The first-order chi connectivity index (χ1) is 16.3. The maximum Gasteiger partial charge on any atom is 0.243 e. The molecule has 0 radical (unpaired) electrons. The van der Waals surface area contributed by atoms with Crippen LogP contribution in [0.3, 0.4) is 0 Å². The van der Waals surface area contributed by atoms with Gasteiger partial charge in [0.05, 0.1) is 11.4 Å². The van der Waals surface area contributed by atoms with Crippen molar-refractivity contribution in [3.05, 3.63) is 90.0 Å². The number of hydrogen-bond donors (Lipinski definition) is 2. The molecule has 3 N–H and O–H groups in total. The van der Waals surface area contributed by atoms with Gasteiger partial charge in [0.2, 0.25) is 15.9 Å². The molecular weight excluding hydrogens is 448 g/mol. The number of nitrogens with zero attached hydrogens (tertiary/aromatic N) is 2. The molecule has 1 heterocycles. The Kier molecular flexibility index (Phi) is 5.55. The molecule has 0 aromatic heterocycles. The lowest BCUT2D eigenvalue weighted by Crippen LogP contribution is -2.51. The number of carbonyl (C=O) groups excluding carboxylic acids is 1. The second kappa shape index (κ2) is 8.55. The standard InChI is InChI=1S/C26H24N4O3S/c27-26(28)22-8-7-20-6-5-18(13-23(20)14-22)16-29-11-12-30(17-25(29)31)34(32,33)24-10-9-19-3-1-2-4-21(19)15-24/h1-10,13-15H,11-12,16-17H2,(H3,27,28). The van der Waals surface area contributed by atoms with Crippen LogP contribution in [0, 0.1) is 5.41 Å². The predicted molar refractivity (Wildman–Crippen MR) is 133 cm³/mol. The van der Waals surface area contributed by atoms with E-state index in [9.17, 15) is 13.2 Å². The first kappa shape index (κ1) is 22.1. The highest BCUT2D eigenvalue weighted by Crippen LogP contribution is 2.24. The van der Waals surface area contributed by atoms with Gasteiger partial charge in [-0.1, -0.05) is 54.6 Å². The highest BCUT2D eigenvalue weighted by Gasteiger charge is 2.33. The summed E-state index contributed by atoms with van der Waals surface area (Å²) < 4.78 is 27.7. The molecular formula is C26H24N4O3S. The number of sulfonamides is 1. The molecule has 4 aromatic carbocycles. The molecule has 1 amide bonds. The molecule has 0 unspecified atom stereocenters. The zero-order chi connectivity index (χ0) is 23.9. The molecule has 0 bridgehead atoms. The molecule has 0 atom stereocenters. The number of hydrogen-bond acceptors (Lipinski definition) is 4. The van der Waals surface area contributed by atoms with Crippen molar-refractivity contribution < 1.29 is 13.2 Å². The molecule has 34 heavy (non-hydrogen) atoms. The number of piperazine rings is 1. The Labute approximate surface area is 198 Å². The number of fused-ring (bicyclic) bond motifs is 2. The highest BCUT2D eigenvalue weighted by molar-refractivity contribution is 7.89. The molecule has 1 saturated heterocycles. The fourth-order valence-electron chi connectivity index (χ4n) is 4.32. The van der Waals surface area contributed by atoms with Crippen molar-refractivity contribution in [3.63, 3.8) is 0 Å². The van der Waals surface area contributed by atoms with Crippen LogP contribution in [0.15, 0.2) is 83.8 Å². The van der Waals surface area contributed by atoms with Gasteiger partial charge in [0, 0.05) is 25.2 Å². The summed E-state index contributed by atoms with van der Waals surface area (Å²) in [6.45, 7) is 0.764. The van der Waals surface area contributed by atoms with Gasteiger partial charge in [0.15, 0.2) is 0 Å². The van der Waals surface area contributed by atoms with E-state index in [-0.39, 0.29) is 29.7 Å². The quantitative estimate of drug-likeness (QED) is 0.343. The number of amidine groups is 1. The third-order valence-corrected chi connectivity index (χ3v) is 8.07. The van der Waals surface area contributed by atoms with Crippen LogP contribution in [-0.4, -0.2) is 49.0 Å². The summed E-state index contributed by atoms with van der Waals surface area (Å²) in [5.74, 6) is -0.223. The lowest BCUT2D eigenvalue weighted by molar-refractivity contribution is -0.134. The number of amides is 1. The number of nitrogen functional groups attached to an aromatic ring is 1. The van der Waals surface area contributed by atoms with Gasteiger partial charge in [-0.05, 0) is 51.4 Å². The summed E-state index contributed by atoms with van der Waals surface area (Å²) in [5, 5.41) is 11.4. The Morgan fingerprint density at radius 1 is 0.853 bits per heavy atom. The summed E-state index contributed by atoms with van der Waals surface area (Å²) in [4.78, 5) is 14.8. The van der Waals surface area contributed by atoms with Crippen molar-refractivity contribution in [1.29, 1.82) is 5.41 Å². The Morgan fingerprint density at radius 2 is 1.56 bits per heavy atom. The van der Waals surface area contributed by atoms with Crippen molar-refractivity contribution in [1.82, 2.24) is 9.21 Å². The minimum Gasteiger partial charge on any atom is -0.384 e. The molecule has 1 aliphatic heterocycles. The number of nitrogens with one attached hydrogen (secondary N) is 1. The molecule has 1 fully saturated rings. The fraction of sp³-hybridized carbons (Fsp3) is 0.154. The average Bonchev–Trinajstić information content (AvgIpc) is 2.84. The van der Waals surface area contributed by atoms with Crippen LogP contribution < -0.4 is 5.73 Å². The second-order valence-corrected chi connectivity index (χ2v) is 10.4. The van der Waals surface area contributed by atoms with Crippen molar-refractivity contribution in [3.8, 4) is 0 Å². The third-order valence-electron chi connectivity index (χ3n) is 6.23. The van der Waals surface area contributed by atoms with E-state index in [1.807, 2.05) is 60.7 Å². The third kappa shape index (κ3) is 4.13. The molecule has 0 spiro atoms. The number of rotatable bonds is 5. The predicted octanol–water partition coefficient (Wildman–Crippen LogP) is 3.31. The Hall–Kier alpha value is -3.75. The van der Waals surface area contributed by atoms with E-state index in [0.29, 0.717) is 18.7 Å².